The molecule has 0 bridgehead atoms. The molecular weight excluding hydrogens is 246 g/mol. The molecule has 0 spiro atoms. The van der Waals surface area contributed by atoms with Crippen LogP contribution in [0.15, 0.2) is 34.5 Å². The predicted octanol–water partition coefficient (Wildman–Crippen LogP) is 1.78. The SMILES string of the molecule is COCNS(=O)(=O)c1cc2ccccc2s1. The Hall–Kier alpha value is -0.950. The van der Waals surface area contributed by atoms with Crippen molar-refractivity contribution >= 4 is 31.4 Å². The minimum Gasteiger partial charge on any atom is -0.369 e. The first kappa shape index (κ1) is 11.5. The molecule has 0 unspecified atom stereocenters. The van der Waals surface area contributed by atoms with Crippen molar-refractivity contribution in [3.05, 3.63) is 30.3 Å². The van der Waals surface area contributed by atoms with E-state index in [1.165, 1.54) is 18.4 Å². The number of nitrogens with one attached hydrogen (secondary N) is 1. The summed E-state index contributed by atoms with van der Waals surface area (Å²) in [6, 6.07) is 9.22. The molecule has 0 atom stereocenters. The van der Waals surface area contributed by atoms with Crippen molar-refractivity contribution in [2.75, 3.05) is 13.8 Å². The van der Waals surface area contributed by atoms with Gasteiger partial charge in [0.1, 0.15) is 10.9 Å². The molecule has 0 aliphatic rings. The maximum atomic E-state index is 11.8. The number of hydrogen-bond donors (Lipinski definition) is 1. The molecule has 0 saturated carbocycles. The molecule has 1 N–H and O–H groups in total. The van der Waals surface area contributed by atoms with Gasteiger partial charge >= 0.3 is 0 Å². The number of sulfonamides is 1. The average Bonchev–Trinajstić information content (AvgIpc) is 2.71. The Bertz CT molecular complexity index is 556. The topological polar surface area (TPSA) is 55.4 Å². The molecule has 0 radical (unpaired) electrons. The van der Waals surface area contributed by atoms with E-state index in [0.717, 1.165) is 10.1 Å². The van der Waals surface area contributed by atoms with Crippen LogP contribution in [0.2, 0.25) is 0 Å². The first-order chi connectivity index (χ1) is 7.63. The molecule has 2 rings (SSSR count). The lowest BCUT2D eigenvalue weighted by Crippen LogP contribution is -2.24. The van der Waals surface area contributed by atoms with E-state index in [2.05, 4.69) is 9.46 Å². The fourth-order valence-electron chi connectivity index (χ4n) is 1.30. The summed E-state index contributed by atoms with van der Waals surface area (Å²) in [4.78, 5) is 0. The monoisotopic (exact) mass is 257 g/mol. The lowest BCUT2D eigenvalue weighted by atomic mass is 10.3. The van der Waals surface area contributed by atoms with Gasteiger partial charge in [0.25, 0.3) is 10.0 Å². The molecule has 0 amide bonds. The molecule has 0 fully saturated rings. The molecule has 16 heavy (non-hydrogen) atoms. The summed E-state index contributed by atoms with van der Waals surface area (Å²) in [5.74, 6) is 0. The van der Waals surface area contributed by atoms with Crippen LogP contribution in [0.3, 0.4) is 0 Å². The Kier molecular flexibility index (Phi) is 3.25. The molecule has 1 aromatic carbocycles. The summed E-state index contributed by atoms with van der Waals surface area (Å²) in [7, 11) is -2.00. The van der Waals surface area contributed by atoms with E-state index in [1.54, 1.807) is 6.07 Å². The number of thiophene rings is 1. The largest absolute Gasteiger partial charge is 0.369 e. The number of methoxy groups -OCH3 is 1. The number of benzene rings is 1. The second-order valence-electron chi connectivity index (χ2n) is 3.18. The predicted molar refractivity (Wildman–Crippen MR) is 64.0 cm³/mol. The second-order valence-corrected chi connectivity index (χ2v) is 6.26. The highest BCUT2D eigenvalue weighted by Crippen LogP contribution is 2.28. The van der Waals surface area contributed by atoms with Gasteiger partial charge in [0.15, 0.2) is 0 Å². The maximum Gasteiger partial charge on any atom is 0.252 e. The Morgan fingerprint density at radius 3 is 2.81 bits per heavy atom. The third kappa shape index (κ3) is 2.25. The Labute approximate surface area is 97.9 Å². The van der Waals surface area contributed by atoms with Crippen LogP contribution < -0.4 is 4.72 Å². The van der Waals surface area contributed by atoms with Gasteiger partial charge in [-0.15, -0.1) is 11.3 Å². The zero-order chi connectivity index (χ0) is 11.6. The van der Waals surface area contributed by atoms with Crippen molar-refractivity contribution < 1.29 is 13.2 Å². The first-order valence-electron chi connectivity index (χ1n) is 4.61. The zero-order valence-corrected chi connectivity index (χ0v) is 10.3. The third-order valence-electron chi connectivity index (χ3n) is 2.06. The van der Waals surface area contributed by atoms with E-state index < -0.39 is 10.0 Å². The quantitative estimate of drug-likeness (QED) is 0.849. The Balaban J connectivity index is 2.40. The van der Waals surface area contributed by atoms with Crippen molar-refractivity contribution in [2.24, 2.45) is 0 Å². The van der Waals surface area contributed by atoms with Crippen molar-refractivity contribution in [1.29, 1.82) is 0 Å². The van der Waals surface area contributed by atoms with E-state index in [9.17, 15) is 8.42 Å². The van der Waals surface area contributed by atoms with Crippen LogP contribution in [0.4, 0.5) is 0 Å². The number of rotatable bonds is 4. The summed E-state index contributed by atoms with van der Waals surface area (Å²) >= 11 is 1.25. The molecule has 0 aliphatic carbocycles. The van der Waals surface area contributed by atoms with Gasteiger partial charge < -0.3 is 4.74 Å². The van der Waals surface area contributed by atoms with Crippen molar-refractivity contribution in [3.8, 4) is 0 Å². The molecule has 1 heterocycles. The summed E-state index contributed by atoms with van der Waals surface area (Å²) in [5, 5.41) is 0.935. The van der Waals surface area contributed by atoms with Gasteiger partial charge in [0.2, 0.25) is 0 Å². The van der Waals surface area contributed by atoms with Gasteiger partial charge in [0, 0.05) is 11.8 Å². The van der Waals surface area contributed by atoms with E-state index in [-0.39, 0.29) is 6.73 Å². The standard InChI is InChI=1S/C10H11NO3S2/c1-14-7-11-16(12,13)10-6-8-4-2-3-5-9(8)15-10/h2-6,11H,7H2,1H3. The van der Waals surface area contributed by atoms with Crippen LogP contribution in [-0.4, -0.2) is 22.3 Å². The number of ether oxygens (including phenoxy) is 1. The maximum absolute atomic E-state index is 11.8. The molecule has 1 aromatic heterocycles. The van der Waals surface area contributed by atoms with Crippen LogP contribution >= 0.6 is 11.3 Å². The van der Waals surface area contributed by atoms with Gasteiger partial charge in [0.05, 0.1) is 0 Å². The third-order valence-corrected chi connectivity index (χ3v) is 5.03. The molecule has 2 aromatic rings. The summed E-state index contributed by atoms with van der Waals surface area (Å²) in [6.07, 6.45) is 0. The summed E-state index contributed by atoms with van der Waals surface area (Å²) in [6.45, 7) is -0.0173. The smallest absolute Gasteiger partial charge is 0.252 e. The fourth-order valence-corrected chi connectivity index (χ4v) is 3.67. The normalized spacial score (nSPS) is 12.1. The fraction of sp³-hybridized carbons (Fsp3) is 0.200. The Morgan fingerprint density at radius 1 is 1.38 bits per heavy atom. The Morgan fingerprint density at radius 2 is 2.12 bits per heavy atom. The number of fused-ring (bicyclic) bond motifs is 1. The molecule has 86 valence electrons. The average molecular weight is 257 g/mol. The van der Waals surface area contributed by atoms with Gasteiger partial charge in [-0.2, -0.15) is 4.72 Å². The zero-order valence-electron chi connectivity index (χ0n) is 8.64. The molecular formula is C10H11NO3S2. The number of hydrogen-bond acceptors (Lipinski definition) is 4. The lowest BCUT2D eigenvalue weighted by molar-refractivity contribution is 0.194. The minimum atomic E-state index is -3.44. The van der Waals surface area contributed by atoms with Crippen LogP contribution in [0.1, 0.15) is 0 Å². The van der Waals surface area contributed by atoms with Crippen LogP contribution in [0.5, 0.6) is 0 Å². The van der Waals surface area contributed by atoms with E-state index in [0.29, 0.717) is 4.21 Å². The highest BCUT2D eigenvalue weighted by Gasteiger charge is 2.16. The molecule has 6 heteroatoms. The first-order valence-corrected chi connectivity index (χ1v) is 6.90. The van der Waals surface area contributed by atoms with E-state index >= 15 is 0 Å². The highest BCUT2D eigenvalue weighted by molar-refractivity contribution is 7.91. The summed E-state index contributed by atoms with van der Waals surface area (Å²) in [5.41, 5.74) is 0. The minimum absolute atomic E-state index is 0.0173. The van der Waals surface area contributed by atoms with Crippen LogP contribution in [0.25, 0.3) is 10.1 Å². The van der Waals surface area contributed by atoms with E-state index in [1.807, 2.05) is 24.3 Å². The van der Waals surface area contributed by atoms with Gasteiger partial charge in [-0.1, -0.05) is 18.2 Å². The summed E-state index contributed by atoms with van der Waals surface area (Å²) < 4.78 is 31.9. The van der Waals surface area contributed by atoms with Gasteiger partial charge in [-0.25, -0.2) is 8.42 Å². The van der Waals surface area contributed by atoms with E-state index in [4.69, 9.17) is 0 Å². The molecule has 0 aliphatic heterocycles. The van der Waals surface area contributed by atoms with Crippen molar-refractivity contribution in [2.45, 2.75) is 4.21 Å². The second kappa shape index (κ2) is 4.50. The highest BCUT2D eigenvalue weighted by atomic mass is 32.2. The van der Waals surface area contributed by atoms with Crippen molar-refractivity contribution in [1.82, 2.24) is 4.72 Å². The van der Waals surface area contributed by atoms with Crippen LogP contribution in [0, 0.1) is 0 Å². The van der Waals surface area contributed by atoms with Gasteiger partial charge in [-0.3, -0.25) is 0 Å². The lowest BCUT2D eigenvalue weighted by Gasteiger charge is -2.01. The van der Waals surface area contributed by atoms with Crippen molar-refractivity contribution in [3.63, 3.8) is 0 Å². The molecule has 0 saturated heterocycles. The van der Waals surface area contributed by atoms with Gasteiger partial charge in [-0.05, 0) is 17.5 Å². The van der Waals surface area contributed by atoms with Crippen LogP contribution in [-0.2, 0) is 14.8 Å². The molecule has 4 nitrogen and oxygen atoms in total.